The third-order valence-electron chi connectivity index (χ3n) is 2.90. The van der Waals surface area contributed by atoms with Gasteiger partial charge in [0.05, 0.1) is 12.4 Å². The quantitative estimate of drug-likeness (QED) is 0.617. The third kappa shape index (κ3) is 4.18. The molecule has 108 valence electrons. The Balaban J connectivity index is 1.69. The summed E-state index contributed by atoms with van der Waals surface area (Å²) in [7, 11) is 0. The molecule has 0 saturated heterocycles. The zero-order chi connectivity index (χ0) is 14.4. The van der Waals surface area contributed by atoms with Crippen molar-refractivity contribution in [3.63, 3.8) is 0 Å². The van der Waals surface area contributed by atoms with E-state index >= 15 is 0 Å². The highest BCUT2D eigenvalue weighted by Gasteiger charge is 2.28. The number of aromatic nitrogens is 2. The summed E-state index contributed by atoms with van der Waals surface area (Å²) >= 11 is 0. The van der Waals surface area contributed by atoms with Crippen LogP contribution in [0.3, 0.4) is 0 Å². The average molecular weight is 277 g/mol. The molecule has 3 N–H and O–H groups in total. The van der Waals surface area contributed by atoms with Crippen molar-refractivity contribution in [3.05, 3.63) is 18.1 Å². The predicted octanol–water partition coefficient (Wildman–Crippen LogP) is 0.164. The summed E-state index contributed by atoms with van der Waals surface area (Å²) < 4.78 is 0. The van der Waals surface area contributed by atoms with Crippen molar-refractivity contribution in [1.29, 1.82) is 0 Å². The molecule has 2 rings (SSSR count). The highest BCUT2D eigenvalue weighted by Crippen LogP contribution is 2.28. The molecule has 20 heavy (non-hydrogen) atoms. The summed E-state index contributed by atoms with van der Waals surface area (Å²) in [5, 5.41) is 8.47. The summed E-state index contributed by atoms with van der Waals surface area (Å²) in [4.78, 5) is 31.2. The van der Waals surface area contributed by atoms with E-state index in [4.69, 9.17) is 0 Å². The molecule has 0 unspecified atom stereocenters. The van der Waals surface area contributed by atoms with E-state index in [9.17, 15) is 9.59 Å². The second-order valence-electron chi connectivity index (χ2n) is 4.64. The second kappa shape index (κ2) is 6.83. The van der Waals surface area contributed by atoms with Gasteiger partial charge in [-0.3, -0.25) is 9.59 Å². The lowest BCUT2D eigenvalue weighted by atomic mass is 10.4. The standard InChI is InChI=1S/C13H19N5O2/c1-2-14-11-8-17-10(7-18-11)13(20)16-6-5-15-12(19)9-3-4-9/h7-9H,2-6H2,1H3,(H,14,18)(H,15,19)(H,16,20). The van der Waals surface area contributed by atoms with Crippen molar-refractivity contribution in [2.45, 2.75) is 19.8 Å². The molecule has 0 radical (unpaired) electrons. The number of anilines is 1. The minimum atomic E-state index is -0.291. The lowest BCUT2D eigenvalue weighted by molar-refractivity contribution is -0.122. The summed E-state index contributed by atoms with van der Waals surface area (Å²) in [5.41, 5.74) is 0.264. The number of nitrogens with zero attached hydrogens (tertiary/aromatic N) is 2. The van der Waals surface area contributed by atoms with Crippen LogP contribution in [0.2, 0.25) is 0 Å². The molecular weight excluding hydrogens is 258 g/mol. The van der Waals surface area contributed by atoms with Crippen molar-refractivity contribution in [3.8, 4) is 0 Å². The van der Waals surface area contributed by atoms with Gasteiger partial charge in [-0.1, -0.05) is 0 Å². The van der Waals surface area contributed by atoms with E-state index in [1.165, 1.54) is 12.4 Å². The number of hydrogen-bond donors (Lipinski definition) is 3. The number of nitrogens with one attached hydrogen (secondary N) is 3. The molecule has 1 aromatic heterocycles. The van der Waals surface area contributed by atoms with E-state index < -0.39 is 0 Å². The van der Waals surface area contributed by atoms with Gasteiger partial charge in [-0.25, -0.2) is 9.97 Å². The van der Waals surface area contributed by atoms with Crippen LogP contribution in [0.5, 0.6) is 0 Å². The molecule has 2 amide bonds. The van der Waals surface area contributed by atoms with E-state index in [2.05, 4.69) is 25.9 Å². The number of carbonyl (C=O) groups excluding carboxylic acids is 2. The van der Waals surface area contributed by atoms with E-state index in [-0.39, 0.29) is 23.4 Å². The van der Waals surface area contributed by atoms with Crippen LogP contribution in [-0.2, 0) is 4.79 Å². The average Bonchev–Trinajstić information content (AvgIpc) is 3.29. The van der Waals surface area contributed by atoms with Crippen LogP contribution < -0.4 is 16.0 Å². The Labute approximate surface area is 117 Å². The van der Waals surface area contributed by atoms with Gasteiger partial charge < -0.3 is 16.0 Å². The number of rotatable bonds is 7. The van der Waals surface area contributed by atoms with Gasteiger partial charge in [-0.15, -0.1) is 0 Å². The Bertz CT molecular complexity index is 470. The van der Waals surface area contributed by atoms with E-state index in [1.807, 2.05) is 6.92 Å². The highest BCUT2D eigenvalue weighted by molar-refractivity contribution is 5.92. The Morgan fingerprint density at radius 3 is 2.55 bits per heavy atom. The van der Waals surface area contributed by atoms with E-state index in [0.717, 1.165) is 19.4 Å². The normalized spacial score (nSPS) is 13.7. The zero-order valence-electron chi connectivity index (χ0n) is 11.5. The van der Waals surface area contributed by atoms with Gasteiger partial charge in [0.15, 0.2) is 0 Å². The summed E-state index contributed by atoms with van der Waals surface area (Å²) in [6, 6.07) is 0. The largest absolute Gasteiger partial charge is 0.369 e. The molecule has 0 atom stereocenters. The Morgan fingerprint density at radius 1 is 1.20 bits per heavy atom. The van der Waals surface area contributed by atoms with Crippen LogP contribution in [0.1, 0.15) is 30.3 Å². The van der Waals surface area contributed by atoms with Crippen molar-refractivity contribution in [2.24, 2.45) is 5.92 Å². The molecule has 0 spiro atoms. The maximum atomic E-state index is 11.8. The molecule has 1 heterocycles. The van der Waals surface area contributed by atoms with Gasteiger partial charge >= 0.3 is 0 Å². The molecule has 0 aromatic carbocycles. The lowest BCUT2D eigenvalue weighted by Crippen LogP contribution is -2.35. The molecule has 0 aliphatic heterocycles. The predicted molar refractivity (Wildman–Crippen MR) is 74.3 cm³/mol. The highest BCUT2D eigenvalue weighted by atomic mass is 16.2. The van der Waals surface area contributed by atoms with E-state index in [1.54, 1.807) is 0 Å². The Hall–Kier alpha value is -2.18. The monoisotopic (exact) mass is 277 g/mol. The third-order valence-corrected chi connectivity index (χ3v) is 2.90. The minimum Gasteiger partial charge on any atom is -0.369 e. The number of carbonyl (C=O) groups is 2. The maximum absolute atomic E-state index is 11.8. The van der Waals surface area contributed by atoms with Crippen LogP contribution in [0.25, 0.3) is 0 Å². The fraction of sp³-hybridized carbons (Fsp3) is 0.538. The second-order valence-corrected chi connectivity index (χ2v) is 4.64. The number of hydrogen-bond acceptors (Lipinski definition) is 5. The fourth-order valence-corrected chi connectivity index (χ4v) is 1.66. The molecule has 7 heteroatoms. The lowest BCUT2D eigenvalue weighted by Gasteiger charge is -2.06. The first-order valence-electron chi connectivity index (χ1n) is 6.82. The van der Waals surface area contributed by atoms with Gasteiger partial charge in [0, 0.05) is 25.6 Å². The van der Waals surface area contributed by atoms with Gasteiger partial charge in [0.25, 0.3) is 5.91 Å². The summed E-state index contributed by atoms with van der Waals surface area (Å²) in [6.07, 6.45) is 4.90. The SMILES string of the molecule is CCNc1cnc(C(=O)NCCNC(=O)C2CC2)cn1. The first-order chi connectivity index (χ1) is 9.70. The molecular formula is C13H19N5O2. The van der Waals surface area contributed by atoms with Crippen molar-refractivity contribution in [2.75, 3.05) is 25.0 Å². The van der Waals surface area contributed by atoms with Crippen molar-refractivity contribution < 1.29 is 9.59 Å². The van der Waals surface area contributed by atoms with Crippen molar-refractivity contribution >= 4 is 17.6 Å². The summed E-state index contributed by atoms with van der Waals surface area (Å²) in [6.45, 7) is 3.52. The van der Waals surface area contributed by atoms with Crippen LogP contribution in [0.4, 0.5) is 5.82 Å². The molecule has 1 saturated carbocycles. The number of amides is 2. The topological polar surface area (TPSA) is 96.0 Å². The van der Waals surface area contributed by atoms with Gasteiger partial charge in [-0.2, -0.15) is 0 Å². The Morgan fingerprint density at radius 2 is 1.95 bits per heavy atom. The van der Waals surface area contributed by atoms with E-state index in [0.29, 0.717) is 18.9 Å². The molecule has 1 fully saturated rings. The van der Waals surface area contributed by atoms with Gasteiger partial charge in [0.2, 0.25) is 5.91 Å². The molecule has 0 bridgehead atoms. The van der Waals surface area contributed by atoms with Crippen molar-refractivity contribution in [1.82, 2.24) is 20.6 Å². The first-order valence-corrected chi connectivity index (χ1v) is 6.82. The molecule has 7 nitrogen and oxygen atoms in total. The maximum Gasteiger partial charge on any atom is 0.271 e. The minimum absolute atomic E-state index is 0.0778. The summed E-state index contributed by atoms with van der Waals surface area (Å²) in [5.74, 6) is 0.617. The van der Waals surface area contributed by atoms with Crippen LogP contribution in [0, 0.1) is 5.92 Å². The zero-order valence-corrected chi connectivity index (χ0v) is 11.5. The van der Waals surface area contributed by atoms with Gasteiger partial charge in [-0.05, 0) is 19.8 Å². The first kappa shape index (κ1) is 14.2. The van der Waals surface area contributed by atoms with Gasteiger partial charge in [0.1, 0.15) is 11.5 Å². The van der Waals surface area contributed by atoms with Crippen LogP contribution in [0.15, 0.2) is 12.4 Å². The van der Waals surface area contributed by atoms with Crippen LogP contribution >= 0.6 is 0 Å². The fourth-order valence-electron chi connectivity index (χ4n) is 1.66. The van der Waals surface area contributed by atoms with Crippen LogP contribution in [-0.4, -0.2) is 41.4 Å². The smallest absolute Gasteiger partial charge is 0.271 e. The Kier molecular flexibility index (Phi) is 4.86. The molecule has 1 aliphatic rings. The molecule has 1 aromatic rings. The molecule has 1 aliphatic carbocycles.